The van der Waals surface area contributed by atoms with E-state index in [9.17, 15) is 0 Å². The molecular weight excluding hydrogens is 250 g/mol. The first-order valence-electron chi connectivity index (χ1n) is 6.89. The van der Waals surface area contributed by atoms with Gasteiger partial charge in [0.05, 0.1) is 6.10 Å². The van der Waals surface area contributed by atoms with E-state index in [1.807, 2.05) is 38.4 Å². The summed E-state index contributed by atoms with van der Waals surface area (Å²) in [6.45, 7) is 6.95. The van der Waals surface area contributed by atoms with Gasteiger partial charge in [-0.25, -0.2) is 9.97 Å². The summed E-state index contributed by atoms with van der Waals surface area (Å²) in [7, 11) is 0. The van der Waals surface area contributed by atoms with Crippen LogP contribution >= 0.6 is 0 Å². The van der Waals surface area contributed by atoms with Gasteiger partial charge in [0.1, 0.15) is 12.1 Å². The molecule has 0 aliphatic heterocycles. The highest BCUT2D eigenvalue weighted by molar-refractivity contribution is 5.30. The fourth-order valence-electron chi connectivity index (χ4n) is 1.94. The Morgan fingerprint density at radius 3 is 2.60 bits per heavy atom. The average molecular weight is 271 g/mol. The highest BCUT2D eigenvalue weighted by Gasteiger charge is 2.07. The largest absolute Gasteiger partial charge is 0.491 e. The number of ether oxygens (including phenoxy) is 1. The van der Waals surface area contributed by atoms with Gasteiger partial charge in [-0.1, -0.05) is 12.1 Å². The van der Waals surface area contributed by atoms with Crippen molar-refractivity contribution in [3.8, 4) is 5.75 Å². The Morgan fingerprint density at radius 2 is 1.90 bits per heavy atom. The summed E-state index contributed by atoms with van der Waals surface area (Å²) in [4.78, 5) is 8.02. The quantitative estimate of drug-likeness (QED) is 0.877. The van der Waals surface area contributed by atoms with Gasteiger partial charge in [-0.05, 0) is 38.5 Å². The normalized spacial score (nSPS) is 12.4. The number of nitrogens with zero attached hydrogens (tertiary/aromatic N) is 2. The van der Waals surface area contributed by atoms with Gasteiger partial charge >= 0.3 is 0 Å². The predicted octanol–water partition coefficient (Wildman–Crippen LogP) is 3.11. The van der Waals surface area contributed by atoms with Crippen molar-refractivity contribution >= 4 is 0 Å². The van der Waals surface area contributed by atoms with Crippen LogP contribution in [-0.4, -0.2) is 16.1 Å². The smallest absolute Gasteiger partial charge is 0.120 e. The van der Waals surface area contributed by atoms with Crippen molar-refractivity contribution in [3.05, 3.63) is 54.1 Å². The number of nitrogens with one attached hydrogen (secondary N) is 1. The summed E-state index contributed by atoms with van der Waals surface area (Å²) in [5, 5.41) is 3.46. The van der Waals surface area contributed by atoms with Crippen LogP contribution in [0.2, 0.25) is 0 Å². The van der Waals surface area contributed by atoms with Crippen LogP contribution in [-0.2, 0) is 6.54 Å². The number of hydrogen-bond acceptors (Lipinski definition) is 4. The molecule has 1 atom stereocenters. The molecule has 2 rings (SSSR count). The summed E-state index contributed by atoms with van der Waals surface area (Å²) in [5.41, 5.74) is 2.29. The molecule has 0 aliphatic rings. The van der Waals surface area contributed by atoms with E-state index in [4.69, 9.17) is 4.74 Å². The van der Waals surface area contributed by atoms with E-state index in [1.165, 1.54) is 5.56 Å². The van der Waals surface area contributed by atoms with E-state index in [0.717, 1.165) is 17.9 Å². The molecule has 0 saturated carbocycles. The molecule has 1 aromatic heterocycles. The molecule has 0 radical (unpaired) electrons. The van der Waals surface area contributed by atoms with E-state index >= 15 is 0 Å². The molecule has 1 aromatic carbocycles. The molecule has 0 fully saturated rings. The maximum Gasteiger partial charge on any atom is 0.120 e. The second-order valence-corrected chi connectivity index (χ2v) is 5.09. The van der Waals surface area contributed by atoms with Crippen LogP contribution in [0.25, 0.3) is 0 Å². The molecule has 0 saturated heterocycles. The van der Waals surface area contributed by atoms with E-state index < -0.39 is 0 Å². The number of rotatable bonds is 6. The average Bonchev–Trinajstić information content (AvgIpc) is 2.45. The van der Waals surface area contributed by atoms with Gasteiger partial charge in [0.15, 0.2) is 0 Å². The number of hydrogen-bond donors (Lipinski definition) is 1. The molecule has 0 bridgehead atoms. The van der Waals surface area contributed by atoms with Gasteiger partial charge < -0.3 is 10.1 Å². The van der Waals surface area contributed by atoms with Crippen LogP contribution in [0.5, 0.6) is 5.75 Å². The number of aromatic nitrogens is 2. The topological polar surface area (TPSA) is 47.0 Å². The molecule has 106 valence electrons. The molecule has 4 heteroatoms. The minimum Gasteiger partial charge on any atom is -0.491 e. The predicted molar refractivity (Wildman–Crippen MR) is 79.5 cm³/mol. The summed E-state index contributed by atoms with van der Waals surface area (Å²) >= 11 is 0. The van der Waals surface area contributed by atoms with Crippen molar-refractivity contribution in [2.45, 2.75) is 39.5 Å². The lowest BCUT2D eigenvalue weighted by Gasteiger charge is -2.16. The first-order valence-corrected chi connectivity index (χ1v) is 6.89. The lowest BCUT2D eigenvalue weighted by molar-refractivity contribution is 0.242. The van der Waals surface area contributed by atoms with E-state index in [-0.39, 0.29) is 12.1 Å². The zero-order valence-corrected chi connectivity index (χ0v) is 12.2. The summed E-state index contributed by atoms with van der Waals surface area (Å²) in [5.74, 6) is 0.911. The van der Waals surface area contributed by atoms with Crippen LogP contribution < -0.4 is 10.1 Å². The van der Waals surface area contributed by atoms with Crippen LogP contribution in [0, 0.1) is 0 Å². The van der Waals surface area contributed by atoms with Gasteiger partial charge in [0, 0.05) is 30.5 Å². The molecule has 0 spiro atoms. The molecule has 2 aromatic rings. The van der Waals surface area contributed by atoms with Gasteiger partial charge in [0.2, 0.25) is 0 Å². The molecular formula is C16H21N3O. The third-order valence-corrected chi connectivity index (χ3v) is 2.96. The van der Waals surface area contributed by atoms with Gasteiger partial charge in [-0.2, -0.15) is 0 Å². The summed E-state index contributed by atoms with van der Waals surface area (Å²) in [6.07, 6.45) is 5.38. The number of benzene rings is 1. The Bertz CT molecular complexity index is 528. The Hall–Kier alpha value is -1.94. The van der Waals surface area contributed by atoms with Crippen molar-refractivity contribution in [2.75, 3.05) is 0 Å². The molecule has 4 nitrogen and oxygen atoms in total. The van der Waals surface area contributed by atoms with E-state index in [1.54, 1.807) is 6.33 Å². The lowest BCUT2D eigenvalue weighted by Crippen LogP contribution is -2.18. The fraction of sp³-hybridized carbons (Fsp3) is 0.375. The van der Waals surface area contributed by atoms with Gasteiger partial charge in [-0.3, -0.25) is 0 Å². The molecule has 0 amide bonds. The van der Waals surface area contributed by atoms with Crippen molar-refractivity contribution < 1.29 is 4.74 Å². The van der Waals surface area contributed by atoms with Crippen molar-refractivity contribution in [3.63, 3.8) is 0 Å². The maximum absolute atomic E-state index is 5.72. The molecule has 1 N–H and O–H groups in total. The summed E-state index contributed by atoms with van der Waals surface area (Å²) < 4.78 is 5.72. The van der Waals surface area contributed by atoms with Crippen LogP contribution in [0.1, 0.15) is 37.9 Å². The Labute approximate surface area is 120 Å². The fourth-order valence-corrected chi connectivity index (χ4v) is 1.94. The SMILES string of the molecule is CC(C)Oc1cccc(C(C)NCc2cncnc2)c1. The third kappa shape index (κ3) is 4.31. The highest BCUT2D eigenvalue weighted by Crippen LogP contribution is 2.20. The summed E-state index contributed by atoms with van der Waals surface area (Å²) in [6, 6.07) is 8.44. The molecule has 1 unspecified atom stereocenters. The van der Waals surface area contributed by atoms with Crippen LogP contribution in [0.4, 0.5) is 0 Å². The lowest BCUT2D eigenvalue weighted by atomic mass is 10.1. The third-order valence-electron chi connectivity index (χ3n) is 2.96. The Balaban J connectivity index is 1.96. The highest BCUT2D eigenvalue weighted by atomic mass is 16.5. The first kappa shape index (κ1) is 14.5. The monoisotopic (exact) mass is 271 g/mol. The van der Waals surface area contributed by atoms with Gasteiger partial charge in [0.25, 0.3) is 0 Å². The van der Waals surface area contributed by atoms with Crippen molar-refractivity contribution in [1.82, 2.24) is 15.3 Å². The second kappa shape index (κ2) is 7.01. The standard InChI is InChI=1S/C16H21N3O/c1-12(2)20-16-6-4-5-15(7-16)13(3)19-10-14-8-17-11-18-9-14/h4-9,11-13,19H,10H2,1-3H3. The minimum atomic E-state index is 0.190. The van der Waals surface area contributed by atoms with Gasteiger partial charge in [-0.15, -0.1) is 0 Å². The van der Waals surface area contributed by atoms with Crippen molar-refractivity contribution in [1.29, 1.82) is 0 Å². The van der Waals surface area contributed by atoms with Crippen LogP contribution in [0.15, 0.2) is 43.0 Å². The zero-order chi connectivity index (χ0) is 14.4. The zero-order valence-electron chi connectivity index (χ0n) is 12.2. The maximum atomic E-state index is 5.72. The molecule has 0 aliphatic carbocycles. The Morgan fingerprint density at radius 1 is 1.15 bits per heavy atom. The second-order valence-electron chi connectivity index (χ2n) is 5.09. The molecule has 20 heavy (non-hydrogen) atoms. The molecule has 1 heterocycles. The van der Waals surface area contributed by atoms with E-state index in [2.05, 4.69) is 34.3 Å². The van der Waals surface area contributed by atoms with E-state index in [0.29, 0.717) is 0 Å². The first-order chi connectivity index (χ1) is 9.65. The Kier molecular flexibility index (Phi) is 5.07. The van der Waals surface area contributed by atoms with Crippen LogP contribution in [0.3, 0.4) is 0 Å². The minimum absolute atomic E-state index is 0.190. The van der Waals surface area contributed by atoms with Crippen molar-refractivity contribution in [2.24, 2.45) is 0 Å².